The lowest BCUT2D eigenvalue weighted by Gasteiger charge is -2.09. The van der Waals surface area contributed by atoms with Crippen LogP contribution in [0.4, 0.5) is 13.2 Å². The fourth-order valence-electron chi connectivity index (χ4n) is 1.79. The zero-order valence-electron chi connectivity index (χ0n) is 14.4. The van der Waals surface area contributed by atoms with E-state index in [1.54, 1.807) is 7.05 Å². The number of alkyl halides is 3. The number of aliphatic imine (C=N–C) groups is 1. The maximum absolute atomic E-state index is 12.5. The molecular weight excluding hydrogens is 484 g/mol. The van der Waals surface area contributed by atoms with E-state index in [1.165, 1.54) is 0 Å². The molecule has 0 saturated heterocycles. The van der Waals surface area contributed by atoms with Crippen LogP contribution >= 0.6 is 35.3 Å². The quantitative estimate of drug-likeness (QED) is 0.357. The van der Waals surface area contributed by atoms with Crippen LogP contribution in [0.2, 0.25) is 0 Å². The van der Waals surface area contributed by atoms with Crippen LogP contribution in [-0.2, 0) is 19.1 Å². The monoisotopic (exact) mass is 504 g/mol. The molecule has 0 unspecified atom stereocenters. The van der Waals surface area contributed by atoms with Crippen LogP contribution in [0, 0.1) is 0 Å². The van der Waals surface area contributed by atoms with E-state index in [-0.39, 0.29) is 36.4 Å². The van der Waals surface area contributed by atoms with Crippen molar-refractivity contribution in [3.63, 3.8) is 0 Å². The smallest absolute Gasteiger partial charge is 0.356 e. The lowest BCUT2D eigenvalue weighted by Crippen LogP contribution is -2.37. The molecule has 0 aromatic carbocycles. The Bertz CT molecular complexity index is 716. The third-order valence-corrected chi connectivity index (χ3v) is 3.95. The van der Waals surface area contributed by atoms with E-state index in [0.29, 0.717) is 35.6 Å². The normalized spacial score (nSPS) is 12.2. The van der Waals surface area contributed by atoms with Gasteiger partial charge in [-0.15, -0.1) is 35.3 Å². The summed E-state index contributed by atoms with van der Waals surface area (Å²) in [5.74, 6) is 1.82. The van der Waals surface area contributed by atoms with E-state index in [0.717, 1.165) is 16.7 Å². The molecule has 0 aliphatic rings. The highest BCUT2D eigenvalue weighted by molar-refractivity contribution is 14.0. The van der Waals surface area contributed by atoms with E-state index in [9.17, 15) is 13.2 Å². The molecule has 0 bridgehead atoms. The van der Waals surface area contributed by atoms with Gasteiger partial charge < -0.3 is 15.2 Å². The zero-order chi connectivity index (χ0) is 18.4. The summed E-state index contributed by atoms with van der Waals surface area (Å²) in [4.78, 5) is 11.8. The van der Waals surface area contributed by atoms with Gasteiger partial charge in [-0.2, -0.15) is 18.2 Å². The van der Waals surface area contributed by atoms with E-state index in [1.807, 2.05) is 13.8 Å². The molecule has 2 heterocycles. The molecule has 0 spiro atoms. The minimum absolute atomic E-state index is 0. The second-order valence-corrected chi connectivity index (χ2v) is 6.37. The molecule has 0 atom stereocenters. The molecule has 146 valence electrons. The third kappa shape index (κ3) is 6.70. The summed E-state index contributed by atoms with van der Waals surface area (Å²) in [7, 11) is 1.57. The fraction of sp³-hybridized carbons (Fsp3) is 0.571. The molecule has 26 heavy (non-hydrogen) atoms. The number of hydrogen-bond acceptors (Lipinski definition) is 6. The molecule has 0 fully saturated rings. The van der Waals surface area contributed by atoms with E-state index < -0.39 is 11.9 Å². The Morgan fingerprint density at radius 1 is 1.31 bits per heavy atom. The Kier molecular flexibility index (Phi) is 8.73. The zero-order valence-corrected chi connectivity index (χ0v) is 17.6. The third-order valence-electron chi connectivity index (χ3n) is 3.10. The van der Waals surface area contributed by atoms with Crippen molar-refractivity contribution in [2.45, 2.75) is 38.9 Å². The molecular formula is C14H20F3IN6OS. The summed E-state index contributed by atoms with van der Waals surface area (Å²) in [5, 5.41) is 11.1. The first-order valence-corrected chi connectivity index (χ1v) is 8.46. The van der Waals surface area contributed by atoms with Crippen molar-refractivity contribution in [3.05, 3.63) is 27.8 Å². The molecule has 12 heteroatoms. The molecule has 0 amide bonds. The Morgan fingerprint density at radius 3 is 2.58 bits per heavy atom. The summed E-state index contributed by atoms with van der Waals surface area (Å²) in [6.45, 7) is 4.59. The van der Waals surface area contributed by atoms with Gasteiger partial charge in [0, 0.05) is 31.3 Å². The molecule has 0 aliphatic carbocycles. The number of thiazole rings is 1. The molecule has 0 radical (unpaired) electrons. The van der Waals surface area contributed by atoms with Crippen LogP contribution in [0.1, 0.15) is 42.2 Å². The van der Waals surface area contributed by atoms with E-state index in [4.69, 9.17) is 4.52 Å². The molecule has 7 nitrogen and oxygen atoms in total. The van der Waals surface area contributed by atoms with Crippen LogP contribution in [0.5, 0.6) is 0 Å². The van der Waals surface area contributed by atoms with E-state index in [2.05, 4.69) is 30.8 Å². The number of aromatic nitrogens is 3. The summed E-state index contributed by atoms with van der Waals surface area (Å²) in [6, 6.07) is 0. The summed E-state index contributed by atoms with van der Waals surface area (Å²) < 4.78 is 42.7. The van der Waals surface area contributed by atoms with Crippen molar-refractivity contribution in [1.82, 2.24) is 25.8 Å². The highest BCUT2D eigenvalue weighted by Gasteiger charge is 2.33. The summed E-state index contributed by atoms with van der Waals surface area (Å²) in [5.41, 5.74) is -0.880. The predicted molar refractivity (Wildman–Crippen MR) is 103 cm³/mol. The number of nitrogens with zero attached hydrogens (tertiary/aromatic N) is 4. The lowest BCUT2D eigenvalue weighted by molar-refractivity contribution is -0.140. The largest absolute Gasteiger partial charge is 0.434 e. The molecule has 0 aliphatic heterocycles. The summed E-state index contributed by atoms with van der Waals surface area (Å²) in [6.07, 6.45) is -3.91. The van der Waals surface area contributed by atoms with Crippen molar-refractivity contribution in [1.29, 1.82) is 0 Å². The van der Waals surface area contributed by atoms with Crippen LogP contribution in [-0.4, -0.2) is 34.7 Å². The average Bonchev–Trinajstić information content (AvgIpc) is 3.19. The lowest BCUT2D eigenvalue weighted by atomic mass is 10.2. The first kappa shape index (κ1) is 22.6. The average molecular weight is 504 g/mol. The van der Waals surface area contributed by atoms with Gasteiger partial charge in [0.2, 0.25) is 5.89 Å². The van der Waals surface area contributed by atoms with Gasteiger partial charge in [0.25, 0.3) is 0 Å². The first-order chi connectivity index (χ1) is 11.8. The van der Waals surface area contributed by atoms with Crippen LogP contribution in [0.25, 0.3) is 0 Å². The van der Waals surface area contributed by atoms with Gasteiger partial charge in [-0.05, 0) is 0 Å². The van der Waals surface area contributed by atoms with Gasteiger partial charge >= 0.3 is 6.18 Å². The van der Waals surface area contributed by atoms with Crippen molar-refractivity contribution in [2.75, 3.05) is 13.6 Å². The van der Waals surface area contributed by atoms with Crippen molar-refractivity contribution >= 4 is 41.3 Å². The maximum Gasteiger partial charge on any atom is 0.434 e. The first-order valence-electron chi connectivity index (χ1n) is 7.58. The maximum atomic E-state index is 12.5. The minimum atomic E-state index is -4.42. The van der Waals surface area contributed by atoms with Crippen LogP contribution in [0.15, 0.2) is 14.9 Å². The van der Waals surface area contributed by atoms with E-state index >= 15 is 0 Å². The number of guanidine groups is 1. The Balaban J connectivity index is 0.00000338. The molecule has 2 rings (SSSR count). The fourth-order valence-corrected chi connectivity index (χ4v) is 2.53. The summed E-state index contributed by atoms with van der Waals surface area (Å²) >= 11 is 0.945. The van der Waals surface area contributed by atoms with Crippen LogP contribution in [0.3, 0.4) is 0 Å². The van der Waals surface area contributed by atoms with Gasteiger partial charge in [0.05, 0.1) is 6.54 Å². The van der Waals surface area contributed by atoms with Crippen molar-refractivity contribution in [3.8, 4) is 0 Å². The molecule has 2 aromatic rings. The second-order valence-electron chi connectivity index (χ2n) is 5.43. The van der Waals surface area contributed by atoms with Crippen molar-refractivity contribution < 1.29 is 17.7 Å². The number of hydrogen-bond donors (Lipinski definition) is 2. The highest BCUT2D eigenvalue weighted by Crippen LogP contribution is 2.29. The number of halogens is 4. The highest BCUT2D eigenvalue weighted by atomic mass is 127. The predicted octanol–water partition coefficient (Wildman–Crippen LogP) is 3.19. The SMILES string of the molecule is CN=C(NCCc1nc(C(C)C)no1)NCc1nc(C(F)(F)F)cs1.I. The van der Waals surface area contributed by atoms with Crippen molar-refractivity contribution in [2.24, 2.45) is 4.99 Å². The Labute approximate surface area is 169 Å². The minimum Gasteiger partial charge on any atom is -0.356 e. The molecule has 0 saturated carbocycles. The molecule has 2 aromatic heterocycles. The van der Waals surface area contributed by atoms with Gasteiger partial charge in [-0.3, -0.25) is 4.99 Å². The second kappa shape index (κ2) is 10.0. The van der Waals surface area contributed by atoms with Gasteiger partial charge in [-0.25, -0.2) is 4.98 Å². The topological polar surface area (TPSA) is 88.2 Å². The number of rotatable bonds is 6. The van der Waals surface area contributed by atoms with Gasteiger partial charge in [0.1, 0.15) is 5.01 Å². The molecule has 2 N–H and O–H groups in total. The van der Waals surface area contributed by atoms with Crippen LogP contribution < -0.4 is 10.6 Å². The van der Waals surface area contributed by atoms with Gasteiger partial charge in [0.15, 0.2) is 17.5 Å². The number of nitrogens with one attached hydrogen (secondary N) is 2. The Morgan fingerprint density at radius 2 is 2.04 bits per heavy atom. The van der Waals surface area contributed by atoms with Gasteiger partial charge in [-0.1, -0.05) is 19.0 Å². The Hall–Kier alpha value is -1.44. The standard InChI is InChI=1S/C14H19F3N6OS.HI/c1-8(2)12-22-10(24-23-12)4-5-19-13(18-3)20-6-11-21-9(7-25-11)14(15,16)17;/h7-8H,4-6H2,1-3H3,(H2,18,19,20);1H.